The molecule has 0 fully saturated rings. The van der Waals surface area contributed by atoms with Crippen LogP contribution in [0.3, 0.4) is 0 Å². The quantitative estimate of drug-likeness (QED) is 0.0420. The Hall–Kier alpha value is -2.98. The standard InChI is InChI=1S/C40H66N4O4S2/c1-7-9-25-31-43(5)39(47)29-23-19-15-11-13-17-21-27-37(41-35(3)45)33-49-50-34-38(42-36(4)46)28-22-18-14-12-16-20-24-30-40(48)44(6)32-26-10-8-2/h7-8,21-22,25-28,31-32,37-38H,1-2,9-20,23-24,29-30,33-34H2,3-6H3,(H,41,45)(H,42,46). The second kappa shape index (κ2) is 33.2. The van der Waals surface area contributed by atoms with Gasteiger partial charge in [0.05, 0.1) is 12.1 Å². The summed E-state index contributed by atoms with van der Waals surface area (Å²) in [6, 6.07) is -0.0806. The molecule has 0 aliphatic carbocycles. The summed E-state index contributed by atoms with van der Waals surface area (Å²) >= 11 is 0. The van der Waals surface area contributed by atoms with Crippen LogP contribution in [0.4, 0.5) is 0 Å². The molecule has 0 spiro atoms. The molecule has 10 heteroatoms. The number of nitrogens with one attached hydrogen (secondary N) is 2. The third-order valence-electron chi connectivity index (χ3n) is 7.67. The minimum Gasteiger partial charge on any atom is -0.349 e. The van der Waals surface area contributed by atoms with Crippen LogP contribution in [0.2, 0.25) is 0 Å². The fourth-order valence-electron chi connectivity index (χ4n) is 4.86. The van der Waals surface area contributed by atoms with Crippen molar-refractivity contribution < 1.29 is 19.2 Å². The largest absolute Gasteiger partial charge is 0.349 e. The second-order valence-electron chi connectivity index (χ2n) is 12.5. The first-order chi connectivity index (χ1) is 24.1. The summed E-state index contributed by atoms with van der Waals surface area (Å²) in [6.45, 7) is 10.4. The zero-order valence-electron chi connectivity index (χ0n) is 31.4. The molecule has 0 aromatic rings. The van der Waals surface area contributed by atoms with E-state index < -0.39 is 0 Å². The van der Waals surface area contributed by atoms with Gasteiger partial charge >= 0.3 is 0 Å². The smallest absolute Gasteiger partial charge is 0.226 e. The van der Waals surface area contributed by atoms with Gasteiger partial charge in [0, 0.05) is 64.7 Å². The molecule has 0 saturated carbocycles. The van der Waals surface area contributed by atoms with Gasteiger partial charge in [0.25, 0.3) is 0 Å². The zero-order valence-corrected chi connectivity index (χ0v) is 33.0. The number of carbonyl (C=O) groups excluding carboxylic acids is 4. The topological polar surface area (TPSA) is 98.8 Å². The molecule has 2 N–H and O–H groups in total. The number of nitrogens with zero attached hydrogens (tertiary/aromatic N) is 2. The van der Waals surface area contributed by atoms with Crippen molar-refractivity contribution in [2.24, 2.45) is 0 Å². The lowest BCUT2D eigenvalue weighted by Gasteiger charge is -2.16. The lowest BCUT2D eigenvalue weighted by Crippen LogP contribution is -2.34. The summed E-state index contributed by atoms with van der Waals surface area (Å²) in [5.74, 6) is 1.69. The Morgan fingerprint density at radius 2 is 0.940 bits per heavy atom. The zero-order chi connectivity index (χ0) is 37.2. The van der Waals surface area contributed by atoms with Gasteiger partial charge in [0.15, 0.2) is 0 Å². The van der Waals surface area contributed by atoms with E-state index in [0.29, 0.717) is 12.8 Å². The summed E-state index contributed by atoms with van der Waals surface area (Å²) < 4.78 is 0. The fourth-order valence-corrected chi connectivity index (χ4v) is 7.20. The van der Waals surface area contributed by atoms with Crippen molar-refractivity contribution in [2.75, 3.05) is 25.6 Å². The van der Waals surface area contributed by atoms with Gasteiger partial charge in [-0.1, -0.05) is 109 Å². The van der Waals surface area contributed by atoms with Gasteiger partial charge in [-0.2, -0.15) is 0 Å². The predicted octanol–water partition coefficient (Wildman–Crippen LogP) is 9.05. The maximum absolute atomic E-state index is 12.1. The molecule has 0 aliphatic heterocycles. The first-order valence-electron chi connectivity index (χ1n) is 18.3. The minimum atomic E-state index is -0.0471. The molecular formula is C40H66N4O4S2. The molecule has 50 heavy (non-hydrogen) atoms. The summed E-state index contributed by atoms with van der Waals surface area (Å²) in [5.41, 5.74) is 0. The summed E-state index contributed by atoms with van der Waals surface area (Å²) in [6.07, 6.45) is 34.8. The Bertz CT molecular complexity index is 1010. The fraction of sp³-hybridized carbons (Fsp3) is 0.600. The highest BCUT2D eigenvalue weighted by atomic mass is 33.1. The first kappa shape index (κ1) is 47.0. The van der Waals surface area contributed by atoms with E-state index in [0.717, 1.165) is 101 Å². The number of hydrogen-bond acceptors (Lipinski definition) is 6. The molecule has 0 radical (unpaired) electrons. The van der Waals surface area contributed by atoms with E-state index >= 15 is 0 Å². The Labute approximate surface area is 312 Å². The third kappa shape index (κ3) is 29.9. The minimum absolute atomic E-state index is 0.0403. The Morgan fingerprint density at radius 3 is 1.30 bits per heavy atom. The molecule has 0 aliphatic rings. The molecule has 4 amide bonds. The van der Waals surface area contributed by atoms with Crippen molar-refractivity contribution in [3.63, 3.8) is 0 Å². The van der Waals surface area contributed by atoms with Gasteiger partial charge < -0.3 is 20.4 Å². The van der Waals surface area contributed by atoms with E-state index in [4.69, 9.17) is 0 Å². The van der Waals surface area contributed by atoms with Crippen LogP contribution in [0.1, 0.15) is 117 Å². The number of carbonyl (C=O) groups is 4. The molecule has 0 aromatic heterocycles. The van der Waals surface area contributed by atoms with E-state index in [1.165, 1.54) is 0 Å². The molecule has 0 heterocycles. The van der Waals surface area contributed by atoms with Crippen molar-refractivity contribution in [3.05, 3.63) is 74.2 Å². The monoisotopic (exact) mass is 730 g/mol. The second-order valence-corrected chi connectivity index (χ2v) is 15.0. The van der Waals surface area contributed by atoms with Crippen LogP contribution in [-0.4, -0.2) is 71.1 Å². The number of rotatable bonds is 31. The lowest BCUT2D eigenvalue weighted by molar-refractivity contribution is -0.128. The van der Waals surface area contributed by atoms with Crippen molar-refractivity contribution in [2.45, 2.75) is 129 Å². The predicted molar refractivity (Wildman–Crippen MR) is 216 cm³/mol. The number of unbranched alkanes of at least 4 members (excludes halogenated alkanes) is 10. The van der Waals surface area contributed by atoms with Crippen LogP contribution >= 0.6 is 21.6 Å². The molecule has 0 rings (SSSR count). The van der Waals surface area contributed by atoms with Crippen LogP contribution < -0.4 is 10.6 Å². The average molecular weight is 731 g/mol. The highest BCUT2D eigenvalue weighted by Gasteiger charge is 2.10. The van der Waals surface area contributed by atoms with Gasteiger partial charge in [-0.15, -0.1) is 13.2 Å². The van der Waals surface area contributed by atoms with Crippen LogP contribution in [0, 0.1) is 0 Å². The number of allylic oxidation sites excluding steroid dienone is 6. The van der Waals surface area contributed by atoms with Crippen molar-refractivity contribution in [3.8, 4) is 0 Å². The summed E-state index contributed by atoms with van der Waals surface area (Å²) in [5, 5.41) is 6.05. The molecule has 0 aromatic carbocycles. The van der Waals surface area contributed by atoms with Crippen molar-refractivity contribution in [1.29, 1.82) is 0 Å². The van der Waals surface area contributed by atoms with Crippen LogP contribution in [0.25, 0.3) is 0 Å². The van der Waals surface area contributed by atoms with Gasteiger partial charge in [-0.05, 0) is 51.4 Å². The van der Waals surface area contributed by atoms with E-state index in [9.17, 15) is 19.2 Å². The Balaban J connectivity index is 4.28. The molecule has 2 unspecified atom stereocenters. The highest BCUT2D eigenvalue weighted by Crippen LogP contribution is 2.24. The Morgan fingerprint density at radius 1 is 0.580 bits per heavy atom. The van der Waals surface area contributed by atoms with E-state index in [1.807, 2.05) is 24.6 Å². The Kier molecular flexibility index (Phi) is 31.2. The van der Waals surface area contributed by atoms with E-state index in [1.54, 1.807) is 71.5 Å². The normalized spacial score (nSPS) is 12.8. The lowest BCUT2D eigenvalue weighted by atomic mass is 10.1. The van der Waals surface area contributed by atoms with Crippen LogP contribution in [0.5, 0.6) is 0 Å². The van der Waals surface area contributed by atoms with Gasteiger partial charge in [0.1, 0.15) is 0 Å². The molecular weight excluding hydrogens is 665 g/mol. The average Bonchev–Trinajstić information content (AvgIpc) is 3.07. The molecule has 0 bridgehead atoms. The van der Waals surface area contributed by atoms with Crippen LogP contribution in [0.15, 0.2) is 74.2 Å². The summed E-state index contributed by atoms with van der Waals surface area (Å²) in [7, 11) is 7.00. The van der Waals surface area contributed by atoms with Crippen LogP contribution in [-0.2, 0) is 19.2 Å². The summed E-state index contributed by atoms with van der Waals surface area (Å²) in [4.78, 5) is 51.1. The maximum Gasteiger partial charge on any atom is 0.226 e. The van der Waals surface area contributed by atoms with E-state index in [-0.39, 0.29) is 35.7 Å². The van der Waals surface area contributed by atoms with Gasteiger partial charge in [0.2, 0.25) is 23.6 Å². The molecule has 0 saturated heterocycles. The third-order valence-corrected chi connectivity index (χ3v) is 10.1. The SMILES string of the molecule is C=CCC=CN(C)C(=O)CCCCCCCC=CC(CSSCC(C=CCCCCCCCC(=O)N(C)C=CCC=C)NC(C)=O)NC(C)=O. The van der Waals surface area contributed by atoms with Crippen molar-refractivity contribution >= 4 is 45.2 Å². The maximum atomic E-state index is 12.1. The van der Waals surface area contributed by atoms with Gasteiger partial charge in [-0.25, -0.2) is 0 Å². The highest BCUT2D eigenvalue weighted by molar-refractivity contribution is 8.76. The number of hydrogen-bond donors (Lipinski definition) is 2. The first-order valence-corrected chi connectivity index (χ1v) is 20.8. The molecule has 8 nitrogen and oxygen atoms in total. The number of amides is 4. The van der Waals surface area contributed by atoms with E-state index in [2.05, 4.69) is 48.1 Å². The van der Waals surface area contributed by atoms with Crippen molar-refractivity contribution in [1.82, 2.24) is 20.4 Å². The molecule has 282 valence electrons. The molecule has 2 atom stereocenters. The van der Waals surface area contributed by atoms with Gasteiger partial charge in [-0.3, -0.25) is 19.2 Å².